The molecule has 0 saturated heterocycles. The molecule has 3 N–H and O–H groups in total. The van der Waals surface area contributed by atoms with Gasteiger partial charge in [-0.1, -0.05) is 24.3 Å². The minimum Gasteiger partial charge on any atom is -0.480 e. The lowest BCUT2D eigenvalue weighted by Crippen LogP contribution is -2.45. The second-order valence-corrected chi connectivity index (χ2v) is 4.26. The summed E-state index contributed by atoms with van der Waals surface area (Å²) in [5.41, 5.74) is 0.668. The highest BCUT2D eigenvalue weighted by molar-refractivity contribution is 6.29. The molecule has 0 bridgehead atoms. The maximum atomic E-state index is 12.0. The predicted octanol–water partition coefficient (Wildman–Crippen LogP) is -0.775. The first-order chi connectivity index (χ1) is 9.50. The zero-order chi connectivity index (χ0) is 14.7. The van der Waals surface area contributed by atoms with Crippen LogP contribution in [0.25, 0.3) is 0 Å². The smallest absolute Gasteiger partial charge is 0.322 e. The van der Waals surface area contributed by atoms with E-state index in [-0.39, 0.29) is 18.1 Å². The summed E-state index contributed by atoms with van der Waals surface area (Å²) in [6.45, 7) is -0.809. The Morgan fingerprint density at radius 1 is 1.05 bits per heavy atom. The van der Waals surface area contributed by atoms with E-state index >= 15 is 0 Å². The highest BCUT2D eigenvalue weighted by atomic mass is 16.4. The Morgan fingerprint density at radius 3 is 2.10 bits per heavy atom. The summed E-state index contributed by atoms with van der Waals surface area (Å²) in [6.07, 6.45) is 0. The Balaban J connectivity index is 1.96. The van der Waals surface area contributed by atoms with Crippen LogP contribution in [0.1, 0.15) is 20.7 Å². The standard InChI is InChI=1S/C13H12N2O5/c16-9(14-6-10(17)18)5-15-11-12(19)7-3-1-2-4-8(7)13(11)20/h1-4,11,15H,5-6H2,(H,14,16)(H,17,18). The van der Waals surface area contributed by atoms with Gasteiger partial charge in [0, 0.05) is 11.1 Å². The molecule has 0 spiro atoms. The number of carboxylic acids is 1. The van der Waals surface area contributed by atoms with Crippen molar-refractivity contribution in [2.24, 2.45) is 0 Å². The number of aliphatic carboxylic acids is 1. The minimum atomic E-state index is -1.17. The van der Waals surface area contributed by atoms with E-state index in [1.54, 1.807) is 24.3 Å². The molecule has 0 fully saturated rings. The third-order valence-electron chi connectivity index (χ3n) is 2.89. The van der Waals surface area contributed by atoms with Crippen molar-refractivity contribution in [3.63, 3.8) is 0 Å². The topological polar surface area (TPSA) is 113 Å². The highest BCUT2D eigenvalue weighted by Gasteiger charge is 2.37. The normalized spacial score (nSPS) is 14.2. The molecule has 0 unspecified atom stereocenters. The van der Waals surface area contributed by atoms with Gasteiger partial charge in [0.15, 0.2) is 11.6 Å². The second kappa shape index (κ2) is 5.62. The van der Waals surface area contributed by atoms with E-state index in [0.29, 0.717) is 11.1 Å². The van der Waals surface area contributed by atoms with Crippen molar-refractivity contribution < 1.29 is 24.3 Å². The summed E-state index contributed by atoms with van der Waals surface area (Å²) in [5, 5.41) is 13.1. The predicted molar refractivity (Wildman–Crippen MR) is 67.5 cm³/mol. The van der Waals surface area contributed by atoms with Gasteiger partial charge in [-0.15, -0.1) is 0 Å². The summed E-state index contributed by atoms with van der Waals surface area (Å²) in [7, 11) is 0. The zero-order valence-electron chi connectivity index (χ0n) is 10.4. The van der Waals surface area contributed by atoms with Crippen LogP contribution in [0.4, 0.5) is 0 Å². The number of carbonyl (C=O) groups is 4. The average molecular weight is 276 g/mol. The maximum Gasteiger partial charge on any atom is 0.322 e. The van der Waals surface area contributed by atoms with Crippen molar-refractivity contribution >= 4 is 23.4 Å². The zero-order valence-corrected chi connectivity index (χ0v) is 10.4. The molecule has 104 valence electrons. The quantitative estimate of drug-likeness (QED) is 0.608. The molecule has 1 amide bonds. The first kappa shape index (κ1) is 13.9. The molecule has 1 aliphatic carbocycles. The van der Waals surface area contributed by atoms with Crippen LogP contribution in [0.5, 0.6) is 0 Å². The van der Waals surface area contributed by atoms with Crippen LogP contribution in [-0.4, -0.2) is 47.7 Å². The summed E-state index contributed by atoms with van der Waals surface area (Å²) >= 11 is 0. The van der Waals surface area contributed by atoms with E-state index in [4.69, 9.17) is 5.11 Å². The summed E-state index contributed by atoms with van der Waals surface area (Å²) in [5.74, 6) is -2.52. The van der Waals surface area contributed by atoms with E-state index in [1.165, 1.54) is 0 Å². The van der Waals surface area contributed by atoms with Gasteiger partial charge in [-0.05, 0) is 0 Å². The van der Waals surface area contributed by atoms with E-state index in [2.05, 4.69) is 10.6 Å². The van der Waals surface area contributed by atoms with Crippen LogP contribution in [-0.2, 0) is 9.59 Å². The molecule has 0 atom stereocenters. The Kier molecular flexibility index (Phi) is 3.90. The van der Waals surface area contributed by atoms with E-state index < -0.39 is 24.5 Å². The molecule has 2 rings (SSSR count). The van der Waals surface area contributed by atoms with Crippen molar-refractivity contribution in [1.29, 1.82) is 0 Å². The number of benzene rings is 1. The fraction of sp³-hybridized carbons (Fsp3) is 0.231. The number of hydrogen-bond donors (Lipinski definition) is 3. The number of carbonyl (C=O) groups excluding carboxylic acids is 3. The third kappa shape index (κ3) is 2.72. The van der Waals surface area contributed by atoms with Crippen molar-refractivity contribution in [2.75, 3.05) is 13.1 Å². The molecular formula is C13H12N2O5. The lowest BCUT2D eigenvalue weighted by molar-refractivity contribution is -0.137. The molecule has 0 aliphatic heterocycles. The van der Waals surface area contributed by atoms with Gasteiger partial charge in [-0.3, -0.25) is 24.5 Å². The average Bonchev–Trinajstić information content (AvgIpc) is 2.67. The monoisotopic (exact) mass is 276 g/mol. The number of carboxylic acid groups (broad SMARTS) is 1. The van der Waals surface area contributed by atoms with Gasteiger partial charge in [0.1, 0.15) is 12.6 Å². The lowest BCUT2D eigenvalue weighted by Gasteiger charge is -2.09. The Labute approximate surface area is 114 Å². The van der Waals surface area contributed by atoms with Gasteiger partial charge >= 0.3 is 5.97 Å². The van der Waals surface area contributed by atoms with Gasteiger partial charge in [0.05, 0.1) is 6.54 Å². The van der Waals surface area contributed by atoms with Crippen LogP contribution >= 0.6 is 0 Å². The molecule has 1 aromatic carbocycles. The second-order valence-electron chi connectivity index (χ2n) is 4.26. The van der Waals surface area contributed by atoms with Crippen LogP contribution in [0.2, 0.25) is 0 Å². The number of Topliss-reactive ketones (excluding diaryl/α,β-unsaturated/α-hetero) is 2. The molecule has 7 nitrogen and oxygen atoms in total. The van der Waals surface area contributed by atoms with Gasteiger partial charge in [0.25, 0.3) is 0 Å². The first-order valence-electron chi connectivity index (χ1n) is 5.90. The van der Waals surface area contributed by atoms with Gasteiger partial charge < -0.3 is 10.4 Å². The molecule has 7 heteroatoms. The fourth-order valence-electron chi connectivity index (χ4n) is 1.96. The van der Waals surface area contributed by atoms with E-state index in [1.807, 2.05) is 0 Å². The number of hydrogen-bond acceptors (Lipinski definition) is 5. The van der Waals surface area contributed by atoms with Crippen molar-refractivity contribution in [2.45, 2.75) is 6.04 Å². The Morgan fingerprint density at radius 2 is 1.60 bits per heavy atom. The minimum absolute atomic E-state index is 0.302. The fourth-order valence-corrected chi connectivity index (χ4v) is 1.96. The van der Waals surface area contributed by atoms with Crippen molar-refractivity contribution in [1.82, 2.24) is 10.6 Å². The third-order valence-corrected chi connectivity index (χ3v) is 2.89. The number of ketones is 2. The SMILES string of the molecule is O=C(O)CNC(=O)CNC1C(=O)c2ccccc2C1=O. The van der Waals surface area contributed by atoms with Gasteiger partial charge in [-0.2, -0.15) is 0 Å². The maximum absolute atomic E-state index is 12.0. The van der Waals surface area contributed by atoms with E-state index in [0.717, 1.165) is 0 Å². The van der Waals surface area contributed by atoms with Crippen LogP contribution in [0.15, 0.2) is 24.3 Å². The largest absolute Gasteiger partial charge is 0.480 e. The molecule has 0 saturated carbocycles. The molecule has 1 aliphatic rings. The van der Waals surface area contributed by atoms with Crippen molar-refractivity contribution in [3.8, 4) is 0 Å². The number of fused-ring (bicyclic) bond motifs is 1. The Hall–Kier alpha value is -2.54. The molecule has 1 aromatic rings. The number of rotatable bonds is 5. The van der Waals surface area contributed by atoms with Crippen LogP contribution in [0, 0.1) is 0 Å². The molecule has 0 heterocycles. The van der Waals surface area contributed by atoms with Crippen molar-refractivity contribution in [3.05, 3.63) is 35.4 Å². The van der Waals surface area contributed by atoms with Crippen LogP contribution in [0.3, 0.4) is 0 Å². The molecule has 20 heavy (non-hydrogen) atoms. The first-order valence-corrected chi connectivity index (χ1v) is 5.90. The van der Waals surface area contributed by atoms with Crippen LogP contribution < -0.4 is 10.6 Å². The molecule has 0 aromatic heterocycles. The van der Waals surface area contributed by atoms with E-state index in [9.17, 15) is 19.2 Å². The van der Waals surface area contributed by atoms with Gasteiger partial charge in [0.2, 0.25) is 5.91 Å². The highest BCUT2D eigenvalue weighted by Crippen LogP contribution is 2.21. The summed E-state index contributed by atoms with van der Waals surface area (Å²) in [4.78, 5) is 45.6. The molecule has 0 radical (unpaired) electrons. The summed E-state index contributed by atoms with van der Waals surface area (Å²) in [6, 6.07) is 5.35. The Bertz CT molecular complexity index is 561. The van der Waals surface area contributed by atoms with Gasteiger partial charge in [-0.25, -0.2) is 0 Å². The summed E-state index contributed by atoms with van der Waals surface area (Å²) < 4.78 is 0. The number of amides is 1. The lowest BCUT2D eigenvalue weighted by atomic mass is 10.1. The number of nitrogens with one attached hydrogen (secondary N) is 2. The molecular weight excluding hydrogens is 264 g/mol.